The number of ether oxygens (including phenoxy) is 2. The molecule has 0 radical (unpaired) electrons. The van der Waals surface area contributed by atoms with Crippen molar-refractivity contribution in [3.8, 4) is 5.75 Å². The lowest BCUT2D eigenvalue weighted by molar-refractivity contribution is -0.124. The van der Waals surface area contributed by atoms with Gasteiger partial charge >= 0.3 is 6.02 Å². The highest BCUT2D eigenvalue weighted by molar-refractivity contribution is 6.11. The molecular formula is C28H40N2O3. The molecule has 1 saturated heterocycles. The number of nitrogens with zero attached hydrogens (tertiary/aromatic N) is 2. The average molecular weight is 453 g/mol. The SMILES string of the molecule is CCC(CC)c1ccc(/C=C2/OC(=NC3CCCCC3)N(C3CCCCC3)C2=O)c(OC)c1. The smallest absolute Gasteiger partial charge is 0.300 e. The van der Waals surface area contributed by atoms with Gasteiger partial charge in [0.15, 0.2) is 5.76 Å². The Hall–Kier alpha value is -2.30. The molecular weight excluding hydrogens is 412 g/mol. The first-order valence-corrected chi connectivity index (χ1v) is 13.1. The Morgan fingerprint density at radius 1 is 1.06 bits per heavy atom. The number of amidine groups is 1. The summed E-state index contributed by atoms with van der Waals surface area (Å²) in [6, 6.07) is 7.30. The zero-order valence-corrected chi connectivity index (χ0v) is 20.6. The quantitative estimate of drug-likeness (QED) is 0.427. The fourth-order valence-corrected chi connectivity index (χ4v) is 5.61. The van der Waals surface area contributed by atoms with Crippen molar-refractivity contribution in [1.29, 1.82) is 0 Å². The zero-order chi connectivity index (χ0) is 23.2. The van der Waals surface area contributed by atoms with Gasteiger partial charge in [-0.2, -0.15) is 0 Å². The highest BCUT2D eigenvalue weighted by Gasteiger charge is 2.40. The maximum absolute atomic E-state index is 13.5. The largest absolute Gasteiger partial charge is 0.496 e. The van der Waals surface area contributed by atoms with Crippen molar-refractivity contribution in [1.82, 2.24) is 4.90 Å². The fraction of sp³-hybridized carbons (Fsp3) is 0.643. The summed E-state index contributed by atoms with van der Waals surface area (Å²) in [7, 11) is 1.69. The van der Waals surface area contributed by atoms with Gasteiger partial charge in [-0.3, -0.25) is 9.69 Å². The van der Waals surface area contributed by atoms with Gasteiger partial charge in [-0.25, -0.2) is 4.99 Å². The van der Waals surface area contributed by atoms with Crippen LogP contribution in [-0.4, -0.2) is 36.0 Å². The maximum Gasteiger partial charge on any atom is 0.300 e. The van der Waals surface area contributed by atoms with Crippen molar-refractivity contribution in [2.24, 2.45) is 4.99 Å². The summed E-state index contributed by atoms with van der Waals surface area (Å²) in [5.74, 6) is 1.61. The van der Waals surface area contributed by atoms with E-state index in [0.29, 0.717) is 17.7 Å². The monoisotopic (exact) mass is 452 g/mol. The Kier molecular flexibility index (Phi) is 8.11. The summed E-state index contributed by atoms with van der Waals surface area (Å²) in [6.07, 6.45) is 15.5. The molecule has 0 atom stereocenters. The van der Waals surface area contributed by atoms with Crippen molar-refractivity contribution < 1.29 is 14.3 Å². The van der Waals surface area contributed by atoms with E-state index in [1.807, 2.05) is 11.0 Å². The van der Waals surface area contributed by atoms with Crippen LogP contribution in [0, 0.1) is 0 Å². The van der Waals surface area contributed by atoms with E-state index in [2.05, 4.69) is 32.0 Å². The molecule has 1 amide bonds. The first-order chi connectivity index (χ1) is 16.1. The molecule has 0 aromatic heterocycles. The molecule has 33 heavy (non-hydrogen) atoms. The summed E-state index contributed by atoms with van der Waals surface area (Å²) in [4.78, 5) is 20.4. The van der Waals surface area contributed by atoms with Gasteiger partial charge in [0.05, 0.1) is 13.2 Å². The van der Waals surface area contributed by atoms with Gasteiger partial charge in [-0.1, -0.05) is 64.5 Å². The van der Waals surface area contributed by atoms with Crippen molar-refractivity contribution in [3.63, 3.8) is 0 Å². The maximum atomic E-state index is 13.5. The van der Waals surface area contributed by atoms with Gasteiger partial charge in [0.25, 0.3) is 5.91 Å². The van der Waals surface area contributed by atoms with Crippen molar-refractivity contribution in [3.05, 3.63) is 35.1 Å². The minimum atomic E-state index is -0.0532. The molecule has 3 aliphatic rings. The first kappa shape index (κ1) is 23.8. The molecule has 1 heterocycles. The molecule has 2 saturated carbocycles. The van der Waals surface area contributed by atoms with Crippen LogP contribution in [-0.2, 0) is 9.53 Å². The minimum absolute atomic E-state index is 0.0532. The lowest BCUT2D eigenvalue weighted by Crippen LogP contribution is -2.41. The number of amides is 1. The van der Waals surface area contributed by atoms with Crippen molar-refractivity contribution in [2.75, 3.05) is 7.11 Å². The van der Waals surface area contributed by atoms with Crippen LogP contribution in [0.4, 0.5) is 0 Å². The number of methoxy groups -OCH3 is 1. The Morgan fingerprint density at radius 3 is 2.36 bits per heavy atom. The lowest BCUT2D eigenvalue weighted by Gasteiger charge is -2.29. The molecule has 5 nitrogen and oxygen atoms in total. The van der Waals surface area contributed by atoms with E-state index in [-0.39, 0.29) is 18.0 Å². The predicted molar refractivity (Wildman–Crippen MR) is 133 cm³/mol. The Balaban J connectivity index is 1.64. The lowest BCUT2D eigenvalue weighted by atomic mass is 9.92. The van der Waals surface area contributed by atoms with Crippen LogP contribution in [0.2, 0.25) is 0 Å². The average Bonchev–Trinajstić information content (AvgIpc) is 3.16. The normalized spacial score (nSPS) is 23.0. The van der Waals surface area contributed by atoms with Gasteiger partial charge in [0.2, 0.25) is 0 Å². The summed E-state index contributed by atoms with van der Waals surface area (Å²) < 4.78 is 11.9. The molecule has 180 valence electrons. The number of hydrogen-bond acceptors (Lipinski definition) is 4. The molecule has 1 aromatic rings. The van der Waals surface area contributed by atoms with Crippen molar-refractivity contribution >= 4 is 18.0 Å². The third-order valence-corrected chi connectivity index (χ3v) is 7.65. The van der Waals surface area contributed by atoms with E-state index >= 15 is 0 Å². The zero-order valence-electron chi connectivity index (χ0n) is 20.6. The van der Waals surface area contributed by atoms with E-state index in [1.165, 1.54) is 31.2 Å². The number of hydrogen-bond donors (Lipinski definition) is 0. The van der Waals surface area contributed by atoms with Gasteiger partial charge in [0, 0.05) is 11.6 Å². The molecule has 0 spiro atoms. The fourth-order valence-electron chi connectivity index (χ4n) is 5.61. The molecule has 0 unspecified atom stereocenters. The van der Waals surface area contributed by atoms with Gasteiger partial charge in [-0.15, -0.1) is 0 Å². The van der Waals surface area contributed by atoms with Crippen LogP contribution >= 0.6 is 0 Å². The highest BCUT2D eigenvalue weighted by atomic mass is 16.5. The Bertz CT molecular complexity index is 875. The standard InChI is InChI=1S/C28H40N2O3/c1-4-20(5-2)21-16-17-22(25(18-21)32-3)19-26-27(31)30(24-14-10-7-11-15-24)28(33-26)29-23-12-8-6-9-13-23/h16-20,23-24H,4-15H2,1-3H3/b26-19+,29-28?. The van der Waals surface area contributed by atoms with Gasteiger partial charge in [-0.05, 0) is 62.1 Å². The second kappa shape index (κ2) is 11.2. The van der Waals surface area contributed by atoms with E-state index < -0.39 is 0 Å². The number of rotatable bonds is 7. The van der Waals surface area contributed by atoms with Crippen LogP contribution in [0.3, 0.4) is 0 Å². The number of aliphatic imine (C=N–C) groups is 1. The molecule has 2 aliphatic carbocycles. The molecule has 5 heteroatoms. The van der Waals surface area contributed by atoms with E-state index in [1.54, 1.807) is 7.11 Å². The van der Waals surface area contributed by atoms with Gasteiger partial charge in [0.1, 0.15) is 5.75 Å². The second-order valence-corrected chi connectivity index (χ2v) is 9.80. The van der Waals surface area contributed by atoms with Crippen molar-refractivity contribution in [2.45, 2.75) is 109 Å². The third kappa shape index (κ3) is 5.44. The highest BCUT2D eigenvalue weighted by Crippen LogP contribution is 2.34. The Labute approximate surface area is 199 Å². The summed E-state index contributed by atoms with van der Waals surface area (Å²) in [6.45, 7) is 4.43. The van der Waals surface area contributed by atoms with Crippen LogP contribution < -0.4 is 4.74 Å². The van der Waals surface area contributed by atoms with E-state index in [4.69, 9.17) is 14.5 Å². The molecule has 3 fully saturated rings. The number of carbonyl (C=O) groups excluding carboxylic acids is 1. The molecule has 0 bridgehead atoms. The summed E-state index contributed by atoms with van der Waals surface area (Å²) >= 11 is 0. The minimum Gasteiger partial charge on any atom is -0.496 e. The predicted octanol–water partition coefficient (Wildman–Crippen LogP) is 6.82. The topological polar surface area (TPSA) is 51.1 Å². The molecule has 1 aliphatic heterocycles. The summed E-state index contributed by atoms with van der Waals surface area (Å²) in [5, 5.41) is 0. The van der Waals surface area contributed by atoms with Gasteiger partial charge < -0.3 is 9.47 Å². The summed E-state index contributed by atoms with van der Waals surface area (Å²) in [5.41, 5.74) is 2.15. The molecule has 0 N–H and O–H groups in total. The van der Waals surface area contributed by atoms with Crippen LogP contribution in [0.5, 0.6) is 5.75 Å². The Morgan fingerprint density at radius 2 is 1.73 bits per heavy atom. The van der Waals surface area contributed by atoms with E-state index in [9.17, 15) is 4.79 Å². The number of carbonyl (C=O) groups is 1. The molecule has 4 rings (SSSR count). The van der Waals surface area contributed by atoms with Crippen LogP contribution in [0.1, 0.15) is 108 Å². The van der Waals surface area contributed by atoms with E-state index in [0.717, 1.165) is 62.7 Å². The third-order valence-electron chi connectivity index (χ3n) is 7.65. The molecule has 1 aromatic carbocycles. The van der Waals surface area contributed by atoms with Crippen LogP contribution in [0.15, 0.2) is 29.0 Å². The second-order valence-electron chi connectivity index (χ2n) is 9.80. The first-order valence-electron chi connectivity index (χ1n) is 13.1. The van der Waals surface area contributed by atoms with Crippen LogP contribution in [0.25, 0.3) is 6.08 Å². The number of benzene rings is 1.